The number of amides is 1. The summed E-state index contributed by atoms with van der Waals surface area (Å²) < 4.78 is 16.6. The number of nitrogen functional groups attached to an aromatic ring is 1. The minimum atomic E-state index is -0.958. The number of imidazole rings is 1. The molecule has 35 heavy (non-hydrogen) atoms. The Morgan fingerprint density at radius 2 is 1.83 bits per heavy atom. The molecule has 198 valence electrons. The van der Waals surface area contributed by atoms with E-state index in [-0.39, 0.29) is 30.4 Å². The van der Waals surface area contributed by atoms with Gasteiger partial charge in [-0.1, -0.05) is 0 Å². The van der Waals surface area contributed by atoms with Crippen molar-refractivity contribution in [2.24, 2.45) is 0 Å². The fourth-order valence-corrected chi connectivity index (χ4v) is 3.08. The lowest BCUT2D eigenvalue weighted by Gasteiger charge is -2.30. The number of methoxy groups -OCH3 is 3. The van der Waals surface area contributed by atoms with E-state index in [1.165, 1.54) is 20.5 Å². The summed E-state index contributed by atoms with van der Waals surface area (Å²) in [4.78, 5) is 38.1. The van der Waals surface area contributed by atoms with Gasteiger partial charge >= 0.3 is 5.97 Å². The van der Waals surface area contributed by atoms with Crippen LogP contribution in [0.15, 0.2) is 12.7 Å². The summed E-state index contributed by atoms with van der Waals surface area (Å²) in [5, 5.41) is 8.60. The van der Waals surface area contributed by atoms with Crippen LogP contribution in [0.3, 0.4) is 0 Å². The number of carbonyl (C=O) groups excluding carboxylic acids is 2. The molecule has 2 heterocycles. The van der Waals surface area contributed by atoms with Crippen LogP contribution in [0.5, 0.6) is 0 Å². The van der Waals surface area contributed by atoms with Crippen LogP contribution in [0, 0.1) is 0 Å². The van der Waals surface area contributed by atoms with E-state index in [0.717, 1.165) is 0 Å². The van der Waals surface area contributed by atoms with Gasteiger partial charge in [-0.2, -0.15) is 0 Å². The molecule has 0 spiro atoms. The highest BCUT2D eigenvalue weighted by molar-refractivity contribution is 5.81. The number of hydrogen-bond acceptors (Lipinski definition) is 10. The number of fused-ring (bicyclic) bond motifs is 1. The van der Waals surface area contributed by atoms with Crippen molar-refractivity contribution in [1.29, 1.82) is 0 Å². The van der Waals surface area contributed by atoms with Gasteiger partial charge < -0.3 is 34.5 Å². The second-order valence-electron chi connectivity index (χ2n) is 8.74. The Bertz CT molecular complexity index is 927. The third-order valence-corrected chi connectivity index (χ3v) is 5.30. The number of nitrogens with two attached hydrogens (primary N) is 1. The molecule has 0 fully saturated rings. The third kappa shape index (κ3) is 10.5. The number of anilines is 1. The molecule has 0 aliphatic rings. The second kappa shape index (κ2) is 14.5. The van der Waals surface area contributed by atoms with Gasteiger partial charge in [0.2, 0.25) is 5.91 Å². The van der Waals surface area contributed by atoms with E-state index in [9.17, 15) is 9.59 Å². The van der Waals surface area contributed by atoms with Gasteiger partial charge in [0.25, 0.3) is 0 Å². The molecule has 2 aromatic rings. The molecule has 0 aromatic carbocycles. The van der Waals surface area contributed by atoms with E-state index < -0.39 is 5.79 Å². The molecule has 0 saturated heterocycles. The Morgan fingerprint density at radius 3 is 2.37 bits per heavy atom. The number of esters is 1. The van der Waals surface area contributed by atoms with Crippen LogP contribution in [0.2, 0.25) is 0 Å². The van der Waals surface area contributed by atoms with E-state index in [1.807, 2.05) is 18.4 Å². The summed E-state index contributed by atoms with van der Waals surface area (Å²) in [5.74, 6) is -0.916. The molecule has 0 radical (unpaired) electrons. The molecule has 1 unspecified atom stereocenters. The normalized spacial score (nSPS) is 12.3. The molecule has 1 atom stereocenters. The smallest absolute Gasteiger partial charge is 0.305 e. The van der Waals surface area contributed by atoms with Crippen molar-refractivity contribution in [3.8, 4) is 0 Å². The third-order valence-electron chi connectivity index (χ3n) is 5.30. The topological polar surface area (TPSA) is 155 Å². The molecule has 2 aromatic heterocycles. The van der Waals surface area contributed by atoms with Gasteiger partial charge in [-0.05, 0) is 40.5 Å². The van der Waals surface area contributed by atoms with Crippen LogP contribution < -0.4 is 5.73 Å². The average molecular weight is 497 g/mol. The summed E-state index contributed by atoms with van der Waals surface area (Å²) in [6.45, 7) is 8.17. The standard InChI is InChI=1S/C19H30N6O4.C4H10O2/c1-13(2)25(15(26)6-5-7-16(27)29-4)10-14(28-3)8-9-24-12-23-17-18(20)21-11-22-19(17)24;1-4(2,5)6-3/h11-14H,5-10H2,1-4H3,(H2,20,21,22);5H,1-3H3. The Balaban J connectivity index is 0.000000905. The quantitative estimate of drug-likeness (QED) is 0.328. The van der Waals surface area contributed by atoms with Crippen molar-refractivity contribution in [1.82, 2.24) is 24.4 Å². The predicted octanol–water partition coefficient (Wildman–Crippen LogP) is 1.76. The minimum absolute atomic E-state index is 0.000418. The van der Waals surface area contributed by atoms with E-state index >= 15 is 0 Å². The molecule has 0 bridgehead atoms. The molecular formula is C23H40N6O6. The predicted molar refractivity (Wildman–Crippen MR) is 131 cm³/mol. The number of carbonyl (C=O) groups is 2. The lowest BCUT2D eigenvalue weighted by molar-refractivity contribution is -0.155. The number of aromatic nitrogens is 4. The summed E-state index contributed by atoms with van der Waals surface area (Å²) in [6, 6.07) is 0.0277. The van der Waals surface area contributed by atoms with Gasteiger partial charge in [0.1, 0.15) is 11.8 Å². The highest BCUT2D eigenvalue weighted by Crippen LogP contribution is 2.16. The molecule has 3 N–H and O–H groups in total. The number of aryl methyl sites for hydroxylation is 1. The largest absolute Gasteiger partial charge is 0.469 e. The number of ether oxygens (including phenoxy) is 3. The van der Waals surface area contributed by atoms with Crippen molar-refractivity contribution in [3.63, 3.8) is 0 Å². The van der Waals surface area contributed by atoms with Gasteiger partial charge in [-0.3, -0.25) is 9.59 Å². The maximum absolute atomic E-state index is 12.6. The fourth-order valence-electron chi connectivity index (χ4n) is 3.08. The molecule has 0 aliphatic carbocycles. The Kier molecular flexibility index (Phi) is 12.5. The van der Waals surface area contributed by atoms with Crippen LogP contribution in [0.4, 0.5) is 5.82 Å². The lowest BCUT2D eigenvalue weighted by Crippen LogP contribution is -2.42. The number of aliphatic hydroxyl groups is 1. The molecule has 1 amide bonds. The summed E-state index contributed by atoms with van der Waals surface area (Å²) >= 11 is 0. The van der Waals surface area contributed by atoms with Gasteiger partial charge in [0.15, 0.2) is 17.3 Å². The highest BCUT2D eigenvalue weighted by atomic mass is 16.6. The SMILES string of the molecule is COC(=O)CCCC(=O)N(CC(CCn1cnc2c(N)ncnc21)OC)C(C)C.COC(C)(C)O. The zero-order valence-corrected chi connectivity index (χ0v) is 21.9. The van der Waals surface area contributed by atoms with Crippen LogP contribution in [0.1, 0.15) is 53.4 Å². The van der Waals surface area contributed by atoms with E-state index in [1.54, 1.807) is 32.2 Å². The summed E-state index contributed by atoms with van der Waals surface area (Å²) in [6.07, 6.45) is 4.61. The van der Waals surface area contributed by atoms with Crippen molar-refractivity contribution in [2.75, 3.05) is 33.6 Å². The highest BCUT2D eigenvalue weighted by Gasteiger charge is 2.22. The van der Waals surface area contributed by atoms with Gasteiger partial charge in [0.05, 0.1) is 19.5 Å². The Hall–Kier alpha value is -2.83. The van der Waals surface area contributed by atoms with Crippen molar-refractivity contribution >= 4 is 28.9 Å². The van der Waals surface area contributed by atoms with Crippen molar-refractivity contribution in [3.05, 3.63) is 12.7 Å². The monoisotopic (exact) mass is 496 g/mol. The Morgan fingerprint density at radius 1 is 1.17 bits per heavy atom. The summed E-state index contributed by atoms with van der Waals surface area (Å²) in [5.41, 5.74) is 7.08. The first kappa shape index (κ1) is 30.2. The van der Waals surface area contributed by atoms with Crippen molar-refractivity contribution < 1.29 is 28.9 Å². The van der Waals surface area contributed by atoms with E-state index in [0.29, 0.717) is 49.3 Å². The lowest BCUT2D eigenvalue weighted by atomic mass is 10.1. The molecule has 12 nitrogen and oxygen atoms in total. The van der Waals surface area contributed by atoms with E-state index in [4.69, 9.17) is 15.6 Å². The summed E-state index contributed by atoms with van der Waals surface area (Å²) in [7, 11) is 4.44. The van der Waals surface area contributed by atoms with Crippen LogP contribution in [-0.4, -0.2) is 87.2 Å². The maximum Gasteiger partial charge on any atom is 0.305 e. The number of rotatable bonds is 12. The van der Waals surface area contributed by atoms with Crippen LogP contribution in [-0.2, 0) is 30.3 Å². The first-order chi connectivity index (χ1) is 16.4. The van der Waals surface area contributed by atoms with Crippen LogP contribution in [0.25, 0.3) is 11.2 Å². The molecule has 0 saturated carbocycles. The molecule has 2 rings (SSSR count). The average Bonchev–Trinajstić information content (AvgIpc) is 3.23. The second-order valence-corrected chi connectivity index (χ2v) is 8.74. The molecule has 0 aliphatic heterocycles. The zero-order chi connectivity index (χ0) is 26.6. The van der Waals surface area contributed by atoms with Gasteiger partial charge in [0, 0.05) is 46.2 Å². The fraction of sp³-hybridized carbons (Fsp3) is 0.696. The molecular weight excluding hydrogens is 456 g/mol. The van der Waals surface area contributed by atoms with Crippen LogP contribution >= 0.6 is 0 Å². The van der Waals surface area contributed by atoms with Crippen molar-refractivity contribution in [2.45, 2.75) is 77.9 Å². The zero-order valence-electron chi connectivity index (χ0n) is 21.9. The first-order valence-electron chi connectivity index (χ1n) is 11.5. The number of hydrogen-bond donors (Lipinski definition) is 2. The number of nitrogens with zero attached hydrogens (tertiary/aromatic N) is 5. The maximum atomic E-state index is 12.6. The van der Waals surface area contributed by atoms with Gasteiger partial charge in [-0.15, -0.1) is 0 Å². The van der Waals surface area contributed by atoms with E-state index in [2.05, 4.69) is 24.4 Å². The molecule has 12 heteroatoms. The van der Waals surface area contributed by atoms with Gasteiger partial charge in [-0.25, -0.2) is 15.0 Å². The first-order valence-corrected chi connectivity index (χ1v) is 11.5. The Labute approximate surface area is 206 Å². The minimum Gasteiger partial charge on any atom is -0.469 e.